The van der Waals surface area contributed by atoms with Crippen LogP contribution in [0.4, 0.5) is 9.59 Å². The molecule has 4 bridgehead atoms. The van der Waals surface area contributed by atoms with Crippen LogP contribution >= 0.6 is 11.6 Å². The van der Waals surface area contributed by atoms with Gasteiger partial charge >= 0.3 is 18.3 Å². The fourth-order valence-electron chi connectivity index (χ4n) is 7.82. The Hall–Kier alpha value is -6.54. The highest BCUT2D eigenvalue weighted by molar-refractivity contribution is 6.30. The summed E-state index contributed by atoms with van der Waals surface area (Å²) in [6.45, 7) is 13.4. The average molecular weight is 954 g/mol. The van der Waals surface area contributed by atoms with E-state index in [2.05, 4.69) is 5.32 Å². The van der Waals surface area contributed by atoms with Gasteiger partial charge in [0.25, 0.3) is 0 Å². The molecule has 4 aromatic carbocycles. The van der Waals surface area contributed by atoms with Crippen molar-refractivity contribution in [2.24, 2.45) is 11.8 Å². The minimum absolute atomic E-state index is 0.0891. The van der Waals surface area contributed by atoms with Crippen LogP contribution < -0.4 is 14.8 Å². The molecule has 1 aliphatic heterocycles. The van der Waals surface area contributed by atoms with Crippen LogP contribution in [-0.2, 0) is 35.1 Å². The predicted octanol–water partition coefficient (Wildman–Crippen LogP) is 11.0. The van der Waals surface area contributed by atoms with Crippen molar-refractivity contribution in [3.63, 3.8) is 0 Å². The van der Waals surface area contributed by atoms with Crippen molar-refractivity contribution in [3.05, 3.63) is 107 Å². The number of nitrogens with one attached hydrogen (secondary N) is 1. The van der Waals surface area contributed by atoms with Gasteiger partial charge in [-0.1, -0.05) is 93.2 Å². The molecule has 4 aromatic rings. The minimum Gasteiger partial charge on any atom is -0.480 e. The van der Waals surface area contributed by atoms with E-state index in [-0.39, 0.29) is 46.8 Å². The number of hydrogen-bond donors (Lipinski definition) is 2. The Morgan fingerprint density at radius 2 is 1.31 bits per heavy atom. The zero-order valence-electron chi connectivity index (χ0n) is 40.1. The van der Waals surface area contributed by atoms with Crippen molar-refractivity contribution < 1.29 is 57.6 Å². The summed E-state index contributed by atoms with van der Waals surface area (Å²) in [7, 11) is 1.46. The summed E-state index contributed by atoms with van der Waals surface area (Å²) < 4.78 is 22.5. The number of fused-ring (bicyclic) bond motifs is 5. The van der Waals surface area contributed by atoms with Gasteiger partial charge in [0.05, 0.1) is 0 Å². The van der Waals surface area contributed by atoms with E-state index in [1.54, 1.807) is 65.8 Å². The van der Waals surface area contributed by atoms with Crippen molar-refractivity contribution in [2.75, 3.05) is 7.05 Å². The maximum absolute atomic E-state index is 14.9. The van der Waals surface area contributed by atoms with Gasteiger partial charge in [0.2, 0.25) is 11.8 Å². The molecule has 0 saturated heterocycles. The van der Waals surface area contributed by atoms with Crippen LogP contribution in [0.15, 0.2) is 84.9 Å². The van der Waals surface area contributed by atoms with Crippen LogP contribution in [0.2, 0.25) is 5.02 Å². The molecular formula is C53H61ClN2O12. The van der Waals surface area contributed by atoms with Crippen LogP contribution in [0.5, 0.6) is 11.5 Å². The molecule has 0 radical (unpaired) electrons. The summed E-state index contributed by atoms with van der Waals surface area (Å²) in [5.41, 5.74) is 1.10. The highest BCUT2D eigenvalue weighted by Crippen LogP contribution is 2.41. The zero-order chi connectivity index (χ0) is 50.1. The third kappa shape index (κ3) is 14.5. The first-order valence-corrected chi connectivity index (χ1v) is 23.1. The first kappa shape index (κ1) is 52.4. The van der Waals surface area contributed by atoms with E-state index in [0.29, 0.717) is 29.0 Å². The molecule has 2 amide bonds. The van der Waals surface area contributed by atoms with Gasteiger partial charge in [0.15, 0.2) is 11.6 Å². The molecule has 362 valence electrons. The number of carboxylic acids is 1. The highest BCUT2D eigenvalue weighted by atomic mass is 35.5. The summed E-state index contributed by atoms with van der Waals surface area (Å²) in [5.74, 6) is -5.46. The Kier molecular flexibility index (Phi) is 17.4. The summed E-state index contributed by atoms with van der Waals surface area (Å²) in [4.78, 5) is 97.7. The number of benzene rings is 4. The SMILES string of the molecule is CCCCC[C@H](CC(=O)c1ccc(-c2ccc(Cl)cc2)cc1)C(=O)N(C)[C@@H]1C(=O)C[C@@H](C)C(=O)N[C@H](C(=O)O)Cc2ccc(OC(=O)OC(C)(C)C)c(c2)-c2cc1ccc2OC(=O)OC(C)(C)C. The number of aliphatic carboxylic acids is 1. The van der Waals surface area contributed by atoms with E-state index in [1.165, 1.54) is 55.3 Å². The summed E-state index contributed by atoms with van der Waals surface area (Å²) in [6, 6.07) is 20.4. The van der Waals surface area contributed by atoms with Crippen molar-refractivity contribution in [2.45, 2.75) is 124 Å². The number of ether oxygens (including phenoxy) is 4. The van der Waals surface area contributed by atoms with Gasteiger partial charge in [0.1, 0.15) is 34.8 Å². The minimum atomic E-state index is -1.45. The molecule has 0 fully saturated rings. The molecule has 14 nitrogen and oxygen atoms in total. The van der Waals surface area contributed by atoms with E-state index in [1.807, 2.05) is 31.2 Å². The number of hydrogen-bond acceptors (Lipinski definition) is 11. The highest BCUT2D eigenvalue weighted by Gasteiger charge is 2.37. The number of halogens is 1. The van der Waals surface area contributed by atoms with E-state index < -0.39 is 77.4 Å². The summed E-state index contributed by atoms with van der Waals surface area (Å²) in [5, 5.41) is 13.4. The molecule has 68 heavy (non-hydrogen) atoms. The maximum atomic E-state index is 14.9. The lowest BCUT2D eigenvalue weighted by Crippen LogP contribution is -2.45. The number of carboxylic acid groups (broad SMARTS) is 1. The Bertz CT molecular complexity index is 2510. The molecule has 0 unspecified atom stereocenters. The fraction of sp³-hybridized carbons (Fsp3) is 0.415. The average Bonchev–Trinajstić information content (AvgIpc) is 3.25. The molecule has 0 spiro atoms. The number of unbranched alkanes of at least 4 members (excludes halogenated alkanes) is 2. The predicted molar refractivity (Wildman–Crippen MR) is 257 cm³/mol. The van der Waals surface area contributed by atoms with Crippen molar-refractivity contribution in [1.82, 2.24) is 10.2 Å². The molecule has 1 aliphatic rings. The van der Waals surface area contributed by atoms with Crippen LogP contribution in [0.3, 0.4) is 0 Å². The zero-order valence-corrected chi connectivity index (χ0v) is 40.9. The molecule has 0 aromatic heterocycles. The van der Waals surface area contributed by atoms with Gasteiger partial charge in [0, 0.05) is 59.9 Å². The van der Waals surface area contributed by atoms with Gasteiger partial charge in [-0.3, -0.25) is 19.2 Å². The third-order valence-corrected chi connectivity index (χ3v) is 11.4. The summed E-state index contributed by atoms with van der Waals surface area (Å²) in [6.07, 6.45) is -0.340. The number of rotatable bonds is 13. The van der Waals surface area contributed by atoms with Crippen LogP contribution in [0, 0.1) is 11.8 Å². The number of carbonyl (C=O) groups excluding carboxylic acids is 6. The monoisotopic (exact) mass is 952 g/mol. The molecule has 4 atom stereocenters. The van der Waals surface area contributed by atoms with Gasteiger partial charge < -0.3 is 34.3 Å². The lowest BCUT2D eigenvalue weighted by molar-refractivity contribution is -0.144. The molecule has 5 rings (SSSR count). The van der Waals surface area contributed by atoms with Gasteiger partial charge in [-0.25, -0.2) is 14.4 Å². The second-order valence-corrected chi connectivity index (χ2v) is 19.6. The molecule has 15 heteroatoms. The first-order chi connectivity index (χ1) is 31.9. The van der Waals surface area contributed by atoms with Crippen LogP contribution in [0.25, 0.3) is 22.3 Å². The number of amides is 2. The molecule has 0 aliphatic carbocycles. The largest absolute Gasteiger partial charge is 0.514 e. The number of Topliss-reactive ketones (excluding diaryl/α,β-unsaturated/α-hetero) is 2. The number of ketones is 2. The maximum Gasteiger partial charge on any atom is 0.514 e. The quantitative estimate of drug-likeness (QED) is 0.0558. The second-order valence-electron chi connectivity index (χ2n) is 19.2. The summed E-state index contributed by atoms with van der Waals surface area (Å²) >= 11 is 6.08. The van der Waals surface area contributed by atoms with Gasteiger partial charge in [-0.15, -0.1) is 0 Å². The fourth-order valence-corrected chi connectivity index (χ4v) is 7.95. The van der Waals surface area contributed by atoms with Gasteiger partial charge in [-0.05, 0) is 107 Å². The number of carbonyl (C=O) groups is 7. The van der Waals surface area contributed by atoms with E-state index in [4.69, 9.17) is 30.5 Å². The Morgan fingerprint density at radius 1 is 0.765 bits per heavy atom. The Morgan fingerprint density at radius 3 is 1.85 bits per heavy atom. The number of nitrogens with zero attached hydrogens (tertiary/aromatic N) is 1. The Balaban J connectivity index is 1.65. The van der Waals surface area contributed by atoms with E-state index in [0.717, 1.165) is 24.0 Å². The molecule has 2 N–H and O–H groups in total. The lowest BCUT2D eigenvalue weighted by Gasteiger charge is -2.32. The third-order valence-electron chi connectivity index (χ3n) is 11.2. The van der Waals surface area contributed by atoms with E-state index in [9.17, 15) is 38.7 Å². The van der Waals surface area contributed by atoms with E-state index >= 15 is 0 Å². The molecular weight excluding hydrogens is 892 g/mol. The van der Waals surface area contributed by atoms with Crippen molar-refractivity contribution >= 4 is 53.3 Å². The first-order valence-electron chi connectivity index (χ1n) is 22.7. The Labute approximate surface area is 402 Å². The second kappa shape index (κ2) is 22.5. The lowest BCUT2D eigenvalue weighted by atomic mass is 9.88. The number of likely N-dealkylation sites (N-methyl/N-ethyl adjacent to an activating group) is 1. The van der Waals surface area contributed by atoms with Crippen molar-refractivity contribution in [1.29, 1.82) is 0 Å². The smallest absolute Gasteiger partial charge is 0.480 e. The standard InChI is InChI=1S/C53H61ClN2O12/c1-10-11-12-13-37(30-42(57)35-17-15-33(16-18-35)34-19-22-38(54)23-20-34)48(60)56(9)46-36-21-25-45(66-51(64)68-53(6,7)8)40(29-36)39-27-32(14-24-44(39)65-50(63)67-52(3,4)5)28-41(49(61)62)55-47(59)31(2)26-43(46)58/h14-25,27,29,31,37,41,46H,10-13,26,28,30H2,1-9H3,(H,55,59)(H,61,62)/t31-,37-,41+,46+/m1/s1. The topological polar surface area (TPSA) is 192 Å². The van der Waals surface area contributed by atoms with Crippen molar-refractivity contribution in [3.8, 4) is 33.8 Å². The molecule has 0 saturated carbocycles. The van der Waals surface area contributed by atoms with Crippen LogP contribution in [-0.4, -0.2) is 76.0 Å². The van der Waals surface area contributed by atoms with Gasteiger partial charge in [-0.2, -0.15) is 0 Å². The van der Waals surface area contributed by atoms with Crippen LogP contribution in [0.1, 0.15) is 121 Å². The normalized spacial score (nSPS) is 16.9. The molecule has 1 heterocycles.